The summed E-state index contributed by atoms with van der Waals surface area (Å²) in [5.41, 5.74) is 13.0. The Morgan fingerprint density at radius 1 is 1.10 bits per heavy atom. The molecule has 1 aliphatic carbocycles. The van der Waals surface area contributed by atoms with E-state index in [1.165, 1.54) is 12.0 Å². The molecule has 0 fully saturated rings. The number of hydrogen-bond acceptors (Lipinski definition) is 4. The molecule has 0 saturated carbocycles. The number of nitrogens with two attached hydrogens (primary N) is 1. The van der Waals surface area contributed by atoms with Crippen molar-refractivity contribution < 1.29 is 4.79 Å². The predicted octanol–water partition coefficient (Wildman–Crippen LogP) is 4.79. The summed E-state index contributed by atoms with van der Waals surface area (Å²) >= 11 is 0. The van der Waals surface area contributed by atoms with Gasteiger partial charge in [-0.3, -0.25) is 14.7 Å². The molecule has 3 aromatic rings. The molecule has 5 nitrogen and oxygen atoms in total. The normalized spacial score (nSPS) is 13.4. The summed E-state index contributed by atoms with van der Waals surface area (Å²) in [5.74, 6) is -0.0957. The summed E-state index contributed by atoms with van der Waals surface area (Å²) in [4.78, 5) is 20.2. The maximum absolute atomic E-state index is 13.1. The Kier molecular flexibility index (Phi) is 6.00. The van der Waals surface area contributed by atoms with Gasteiger partial charge in [0.15, 0.2) is 0 Å². The van der Waals surface area contributed by atoms with Crippen LogP contribution in [0.5, 0.6) is 0 Å². The number of nitrogens with one attached hydrogen (secondary N) is 1. The lowest BCUT2D eigenvalue weighted by atomic mass is 9.93. The summed E-state index contributed by atoms with van der Waals surface area (Å²) in [5, 5.41) is 3.99. The van der Waals surface area contributed by atoms with Gasteiger partial charge in [0, 0.05) is 34.6 Å². The molecule has 5 heteroatoms. The fraction of sp³-hybridized carbons (Fsp3) is 0.360. The van der Waals surface area contributed by atoms with Gasteiger partial charge in [-0.1, -0.05) is 32.0 Å². The smallest absolute Gasteiger partial charge is 0.255 e. The van der Waals surface area contributed by atoms with Crippen LogP contribution in [0.1, 0.15) is 53.9 Å². The number of hydrogen-bond donors (Lipinski definition) is 2. The first-order valence-corrected chi connectivity index (χ1v) is 10.9. The van der Waals surface area contributed by atoms with Gasteiger partial charge >= 0.3 is 0 Å². The Morgan fingerprint density at radius 2 is 1.87 bits per heavy atom. The zero-order chi connectivity index (χ0) is 21.1. The summed E-state index contributed by atoms with van der Waals surface area (Å²) in [6.45, 7) is 6.94. The molecule has 4 rings (SSSR count). The van der Waals surface area contributed by atoms with Crippen molar-refractivity contribution in [3.8, 4) is 0 Å². The largest absolute Gasteiger partial charge is 0.398 e. The van der Waals surface area contributed by atoms with Gasteiger partial charge in [0.1, 0.15) is 0 Å². The number of amides is 1. The SMILES string of the molecule is CCN(CC)Cc1ccccc1C(=O)Nc1ccc2nc3c(c(N)c2c1)CCCC3. The summed E-state index contributed by atoms with van der Waals surface area (Å²) < 4.78 is 0. The van der Waals surface area contributed by atoms with Gasteiger partial charge in [0.25, 0.3) is 5.91 Å². The van der Waals surface area contributed by atoms with E-state index in [9.17, 15) is 4.79 Å². The molecule has 0 unspecified atom stereocenters. The first-order chi connectivity index (χ1) is 14.6. The van der Waals surface area contributed by atoms with E-state index in [1.807, 2.05) is 42.5 Å². The van der Waals surface area contributed by atoms with Crippen LogP contribution in [0.2, 0.25) is 0 Å². The van der Waals surface area contributed by atoms with Crippen molar-refractivity contribution >= 4 is 28.2 Å². The molecule has 0 saturated heterocycles. The number of pyridine rings is 1. The van der Waals surface area contributed by atoms with Crippen LogP contribution < -0.4 is 11.1 Å². The summed E-state index contributed by atoms with van der Waals surface area (Å²) in [7, 11) is 0. The molecule has 2 aromatic carbocycles. The maximum Gasteiger partial charge on any atom is 0.255 e. The number of aromatic nitrogens is 1. The molecule has 30 heavy (non-hydrogen) atoms. The molecule has 1 aliphatic rings. The van der Waals surface area contributed by atoms with E-state index in [-0.39, 0.29) is 5.91 Å². The van der Waals surface area contributed by atoms with E-state index in [1.54, 1.807) is 0 Å². The third-order valence-electron chi connectivity index (χ3n) is 6.11. The number of nitrogens with zero attached hydrogens (tertiary/aromatic N) is 2. The fourth-order valence-electron chi connectivity index (χ4n) is 4.30. The molecular weight excluding hydrogens is 372 g/mol. The minimum absolute atomic E-state index is 0.0957. The lowest BCUT2D eigenvalue weighted by Gasteiger charge is -2.20. The van der Waals surface area contributed by atoms with Crippen LogP contribution in [0.15, 0.2) is 42.5 Å². The molecule has 0 atom stereocenters. The van der Waals surface area contributed by atoms with E-state index in [0.717, 1.165) is 72.4 Å². The molecule has 156 valence electrons. The highest BCUT2D eigenvalue weighted by atomic mass is 16.1. The molecule has 0 spiro atoms. The average molecular weight is 403 g/mol. The number of carbonyl (C=O) groups is 1. The van der Waals surface area contributed by atoms with Crippen LogP contribution in [0.3, 0.4) is 0 Å². The third kappa shape index (κ3) is 4.03. The second-order valence-electron chi connectivity index (χ2n) is 7.96. The summed E-state index contributed by atoms with van der Waals surface area (Å²) in [6, 6.07) is 13.6. The fourth-order valence-corrected chi connectivity index (χ4v) is 4.30. The topological polar surface area (TPSA) is 71.2 Å². The number of benzene rings is 2. The monoisotopic (exact) mass is 402 g/mol. The van der Waals surface area contributed by atoms with Crippen LogP contribution in [-0.4, -0.2) is 28.9 Å². The van der Waals surface area contributed by atoms with Gasteiger partial charge in [-0.2, -0.15) is 0 Å². The second kappa shape index (κ2) is 8.84. The number of aryl methyl sites for hydroxylation is 1. The highest BCUT2D eigenvalue weighted by Crippen LogP contribution is 2.32. The Hall–Kier alpha value is -2.92. The molecule has 0 radical (unpaired) electrons. The van der Waals surface area contributed by atoms with Crippen molar-refractivity contribution in [1.29, 1.82) is 0 Å². The molecule has 1 heterocycles. The van der Waals surface area contributed by atoms with Gasteiger partial charge in [-0.25, -0.2) is 0 Å². The van der Waals surface area contributed by atoms with Gasteiger partial charge < -0.3 is 11.1 Å². The lowest BCUT2D eigenvalue weighted by Crippen LogP contribution is -2.24. The zero-order valence-electron chi connectivity index (χ0n) is 17.9. The maximum atomic E-state index is 13.1. The Morgan fingerprint density at radius 3 is 2.67 bits per heavy atom. The first-order valence-electron chi connectivity index (χ1n) is 10.9. The molecular formula is C25H30N4O. The van der Waals surface area contributed by atoms with Crippen LogP contribution in [0.25, 0.3) is 10.9 Å². The van der Waals surface area contributed by atoms with E-state index < -0.39 is 0 Å². The second-order valence-corrected chi connectivity index (χ2v) is 7.96. The van der Waals surface area contributed by atoms with Crippen molar-refractivity contribution in [2.75, 3.05) is 24.1 Å². The van der Waals surface area contributed by atoms with Crippen molar-refractivity contribution in [1.82, 2.24) is 9.88 Å². The quantitative estimate of drug-likeness (QED) is 0.622. The number of nitrogen functional groups attached to an aromatic ring is 1. The number of carbonyl (C=O) groups excluding carboxylic acids is 1. The van der Waals surface area contributed by atoms with Crippen LogP contribution in [0.4, 0.5) is 11.4 Å². The molecule has 1 amide bonds. The standard InChI is InChI=1S/C25H30N4O/c1-3-29(4-2)16-17-9-5-6-10-19(17)25(30)27-18-13-14-23-21(15-18)24(26)20-11-7-8-12-22(20)28-23/h5-6,9-10,13-15H,3-4,7-8,11-12,16H2,1-2H3,(H2,26,28)(H,27,30). The van der Waals surface area contributed by atoms with Gasteiger partial charge in [-0.05, 0) is 74.2 Å². The van der Waals surface area contributed by atoms with Crippen LogP contribution in [0, 0.1) is 0 Å². The third-order valence-corrected chi connectivity index (χ3v) is 6.11. The van der Waals surface area contributed by atoms with Crippen LogP contribution in [-0.2, 0) is 19.4 Å². The average Bonchev–Trinajstić information content (AvgIpc) is 2.78. The molecule has 1 aromatic heterocycles. The van der Waals surface area contributed by atoms with E-state index in [0.29, 0.717) is 5.56 Å². The molecule has 0 bridgehead atoms. The van der Waals surface area contributed by atoms with E-state index in [4.69, 9.17) is 10.7 Å². The lowest BCUT2D eigenvalue weighted by molar-refractivity contribution is 0.102. The summed E-state index contributed by atoms with van der Waals surface area (Å²) in [6.07, 6.45) is 4.31. The molecule has 3 N–H and O–H groups in total. The van der Waals surface area contributed by atoms with Crippen LogP contribution >= 0.6 is 0 Å². The number of rotatable bonds is 6. The van der Waals surface area contributed by atoms with Gasteiger partial charge in [0.2, 0.25) is 0 Å². The number of anilines is 2. The highest BCUT2D eigenvalue weighted by Gasteiger charge is 2.18. The Labute approximate surface area is 178 Å². The zero-order valence-corrected chi connectivity index (χ0v) is 17.9. The van der Waals surface area contributed by atoms with Crippen molar-refractivity contribution in [2.24, 2.45) is 0 Å². The van der Waals surface area contributed by atoms with Gasteiger partial charge in [-0.15, -0.1) is 0 Å². The van der Waals surface area contributed by atoms with E-state index in [2.05, 4.69) is 24.1 Å². The van der Waals surface area contributed by atoms with Crippen molar-refractivity contribution in [2.45, 2.75) is 46.1 Å². The van der Waals surface area contributed by atoms with Crippen molar-refractivity contribution in [3.05, 3.63) is 64.8 Å². The first kappa shape index (κ1) is 20.4. The minimum atomic E-state index is -0.0957. The number of fused-ring (bicyclic) bond motifs is 2. The van der Waals surface area contributed by atoms with E-state index >= 15 is 0 Å². The molecule has 0 aliphatic heterocycles. The predicted molar refractivity (Wildman–Crippen MR) is 124 cm³/mol. The van der Waals surface area contributed by atoms with Crippen molar-refractivity contribution in [3.63, 3.8) is 0 Å². The highest BCUT2D eigenvalue weighted by molar-refractivity contribution is 6.06. The minimum Gasteiger partial charge on any atom is -0.398 e. The Balaban J connectivity index is 1.62. The van der Waals surface area contributed by atoms with Gasteiger partial charge in [0.05, 0.1) is 5.52 Å². The Bertz CT molecular complexity index is 1070.